The molecule has 1 aliphatic rings. The Kier molecular flexibility index (Phi) is 5.81. The Bertz CT molecular complexity index is 461. The maximum Gasteiger partial charge on any atom is 0.251 e. The lowest BCUT2D eigenvalue weighted by atomic mass is 10.0. The van der Waals surface area contributed by atoms with E-state index in [-0.39, 0.29) is 5.91 Å². The number of rotatable bonds is 6. The standard InChI is InChI=1S/C17H25N3O/c1-3-11-18-17(21)14-5-7-15(8-6-14)19-16-9-12-20(4-2)13-10-16/h3,5-8,16,19H,1,4,9-13H2,2H3,(H,18,21). The number of nitrogens with zero attached hydrogens (tertiary/aromatic N) is 1. The quantitative estimate of drug-likeness (QED) is 0.790. The number of piperidine rings is 1. The molecule has 1 saturated heterocycles. The van der Waals surface area contributed by atoms with E-state index in [2.05, 4.69) is 29.0 Å². The Morgan fingerprint density at radius 1 is 1.33 bits per heavy atom. The van der Waals surface area contributed by atoms with Crippen molar-refractivity contribution < 1.29 is 4.79 Å². The number of benzene rings is 1. The first-order valence-corrected chi connectivity index (χ1v) is 7.71. The second-order valence-electron chi connectivity index (χ2n) is 5.43. The lowest BCUT2D eigenvalue weighted by Gasteiger charge is -2.32. The van der Waals surface area contributed by atoms with Crippen LogP contribution in [0.3, 0.4) is 0 Å². The second kappa shape index (κ2) is 7.84. The molecular weight excluding hydrogens is 262 g/mol. The number of nitrogens with one attached hydrogen (secondary N) is 2. The number of carbonyl (C=O) groups is 1. The highest BCUT2D eigenvalue weighted by Gasteiger charge is 2.17. The van der Waals surface area contributed by atoms with Gasteiger partial charge in [0.25, 0.3) is 5.91 Å². The summed E-state index contributed by atoms with van der Waals surface area (Å²) in [7, 11) is 0. The van der Waals surface area contributed by atoms with Crippen LogP contribution in [0.25, 0.3) is 0 Å². The minimum atomic E-state index is -0.0577. The SMILES string of the molecule is C=CCNC(=O)c1ccc(NC2CCN(CC)CC2)cc1. The molecule has 114 valence electrons. The molecular formula is C17H25N3O. The minimum Gasteiger partial charge on any atom is -0.382 e. The first kappa shape index (κ1) is 15.6. The molecule has 1 heterocycles. The molecule has 1 aromatic carbocycles. The summed E-state index contributed by atoms with van der Waals surface area (Å²) < 4.78 is 0. The molecule has 0 aliphatic carbocycles. The van der Waals surface area contributed by atoms with Crippen molar-refractivity contribution in [1.29, 1.82) is 0 Å². The highest BCUT2D eigenvalue weighted by molar-refractivity contribution is 5.94. The molecule has 1 amide bonds. The number of hydrogen-bond acceptors (Lipinski definition) is 3. The fourth-order valence-electron chi connectivity index (χ4n) is 2.61. The van der Waals surface area contributed by atoms with Crippen molar-refractivity contribution in [2.75, 3.05) is 31.5 Å². The van der Waals surface area contributed by atoms with Crippen LogP contribution in [0.15, 0.2) is 36.9 Å². The average Bonchev–Trinajstić information content (AvgIpc) is 2.54. The van der Waals surface area contributed by atoms with E-state index < -0.39 is 0 Å². The smallest absolute Gasteiger partial charge is 0.251 e. The third-order valence-electron chi connectivity index (χ3n) is 3.96. The van der Waals surface area contributed by atoms with Crippen LogP contribution in [0.5, 0.6) is 0 Å². The van der Waals surface area contributed by atoms with Crippen molar-refractivity contribution in [2.24, 2.45) is 0 Å². The topological polar surface area (TPSA) is 44.4 Å². The van der Waals surface area contributed by atoms with E-state index >= 15 is 0 Å². The predicted molar refractivity (Wildman–Crippen MR) is 87.7 cm³/mol. The van der Waals surface area contributed by atoms with Gasteiger partial charge in [-0.1, -0.05) is 13.0 Å². The molecule has 0 spiro atoms. The van der Waals surface area contributed by atoms with Gasteiger partial charge in [0.2, 0.25) is 0 Å². The summed E-state index contributed by atoms with van der Waals surface area (Å²) in [5, 5.41) is 6.34. The number of carbonyl (C=O) groups excluding carboxylic acids is 1. The molecule has 0 aromatic heterocycles. The molecule has 2 N–H and O–H groups in total. The summed E-state index contributed by atoms with van der Waals surface area (Å²) in [4.78, 5) is 14.3. The van der Waals surface area contributed by atoms with Gasteiger partial charge in [0, 0.05) is 36.9 Å². The third-order valence-corrected chi connectivity index (χ3v) is 3.96. The lowest BCUT2D eigenvalue weighted by molar-refractivity contribution is 0.0958. The van der Waals surface area contributed by atoms with Crippen LogP contribution in [0, 0.1) is 0 Å². The Morgan fingerprint density at radius 3 is 2.57 bits per heavy atom. The lowest BCUT2D eigenvalue weighted by Crippen LogP contribution is -2.38. The van der Waals surface area contributed by atoms with Gasteiger partial charge in [0.15, 0.2) is 0 Å². The van der Waals surface area contributed by atoms with Gasteiger partial charge in [-0.25, -0.2) is 0 Å². The van der Waals surface area contributed by atoms with E-state index in [0.29, 0.717) is 18.2 Å². The highest BCUT2D eigenvalue weighted by Crippen LogP contribution is 2.17. The number of anilines is 1. The molecule has 1 fully saturated rings. The van der Waals surface area contributed by atoms with Gasteiger partial charge in [-0.05, 0) is 43.7 Å². The molecule has 0 unspecified atom stereocenters. The summed E-state index contributed by atoms with van der Waals surface area (Å²) >= 11 is 0. The Labute approximate surface area is 127 Å². The van der Waals surface area contributed by atoms with Gasteiger partial charge in [-0.3, -0.25) is 4.79 Å². The zero-order chi connectivity index (χ0) is 15.1. The van der Waals surface area contributed by atoms with Gasteiger partial charge in [-0.2, -0.15) is 0 Å². The molecule has 4 heteroatoms. The van der Waals surface area contributed by atoms with Gasteiger partial charge in [-0.15, -0.1) is 6.58 Å². The van der Waals surface area contributed by atoms with Gasteiger partial charge < -0.3 is 15.5 Å². The summed E-state index contributed by atoms with van der Waals surface area (Å²) in [5.41, 5.74) is 1.77. The van der Waals surface area contributed by atoms with Crippen molar-refractivity contribution in [3.05, 3.63) is 42.5 Å². The van der Waals surface area contributed by atoms with Gasteiger partial charge >= 0.3 is 0 Å². The molecule has 0 atom stereocenters. The first-order chi connectivity index (χ1) is 10.2. The number of hydrogen-bond donors (Lipinski definition) is 2. The van der Waals surface area contributed by atoms with Crippen LogP contribution in [0.1, 0.15) is 30.1 Å². The Hall–Kier alpha value is -1.81. The van der Waals surface area contributed by atoms with Crippen LogP contribution in [-0.2, 0) is 0 Å². The van der Waals surface area contributed by atoms with Crippen molar-refractivity contribution in [1.82, 2.24) is 10.2 Å². The van der Waals surface area contributed by atoms with Crippen molar-refractivity contribution in [3.8, 4) is 0 Å². The largest absolute Gasteiger partial charge is 0.382 e. The maximum atomic E-state index is 11.8. The fraction of sp³-hybridized carbons (Fsp3) is 0.471. The predicted octanol–water partition coefficient (Wildman–Crippen LogP) is 2.50. The monoisotopic (exact) mass is 287 g/mol. The molecule has 2 rings (SSSR count). The number of likely N-dealkylation sites (tertiary alicyclic amines) is 1. The number of amides is 1. The van der Waals surface area contributed by atoms with Crippen LogP contribution < -0.4 is 10.6 Å². The molecule has 1 aromatic rings. The van der Waals surface area contributed by atoms with Crippen LogP contribution in [0.4, 0.5) is 5.69 Å². The van der Waals surface area contributed by atoms with Crippen molar-refractivity contribution in [3.63, 3.8) is 0 Å². The van der Waals surface area contributed by atoms with Crippen LogP contribution in [-0.4, -0.2) is 43.0 Å². The summed E-state index contributed by atoms with van der Waals surface area (Å²) in [6, 6.07) is 8.22. The highest BCUT2D eigenvalue weighted by atomic mass is 16.1. The van der Waals surface area contributed by atoms with Crippen molar-refractivity contribution >= 4 is 11.6 Å². The average molecular weight is 287 g/mol. The van der Waals surface area contributed by atoms with E-state index in [1.807, 2.05) is 24.3 Å². The third kappa shape index (κ3) is 4.60. The molecule has 0 radical (unpaired) electrons. The van der Waals surface area contributed by atoms with Crippen LogP contribution >= 0.6 is 0 Å². The van der Waals surface area contributed by atoms with Crippen molar-refractivity contribution in [2.45, 2.75) is 25.8 Å². The Balaban J connectivity index is 1.85. The minimum absolute atomic E-state index is 0.0577. The Morgan fingerprint density at radius 2 is 2.00 bits per heavy atom. The second-order valence-corrected chi connectivity index (χ2v) is 5.43. The fourth-order valence-corrected chi connectivity index (χ4v) is 2.61. The summed E-state index contributed by atoms with van der Waals surface area (Å²) in [6.45, 7) is 9.76. The normalized spacial score (nSPS) is 16.4. The molecule has 1 aliphatic heterocycles. The molecule has 21 heavy (non-hydrogen) atoms. The van der Waals surface area contributed by atoms with Gasteiger partial charge in [0.05, 0.1) is 0 Å². The molecule has 4 nitrogen and oxygen atoms in total. The maximum absolute atomic E-state index is 11.8. The summed E-state index contributed by atoms with van der Waals surface area (Å²) in [5.74, 6) is -0.0577. The van der Waals surface area contributed by atoms with Gasteiger partial charge in [0.1, 0.15) is 0 Å². The first-order valence-electron chi connectivity index (χ1n) is 7.71. The van der Waals surface area contributed by atoms with E-state index in [1.54, 1.807) is 6.08 Å². The zero-order valence-electron chi connectivity index (χ0n) is 12.8. The molecule has 0 saturated carbocycles. The van der Waals surface area contributed by atoms with Crippen LogP contribution in [0.2, 0.25) is 0 Å². The van der Waals surface area contributed by atoms with E-state index in [9.17, 15) is 4.79 Å². The van der Waals surface area contributed by atoms with E-state index in [0.717, 1.165) is 25.3 Å². The van der Waals surface area contributed by atoms with E-state index in [1.165, 1.54) is 12.8 Å². The summed E-state index contributed by atoms with van der Waals surface area (Å²) in [6.07, 6.45) is 4.03. The molecule has 0 bridgehead atoms. The zero-order valence-corrected chi connectivity index (χ0v) is 12.8. The van der Waals surface area contributed by atoms with E-state index in [4.69, 9.17) is 0 Å².